The van der Waals surface area contributed by atoms with Crippen molar-refractivity contribution >= 4 is 17.3 Å². The number of fused-ring (bicyclic) bond motifs is 1. The number of carbonyl (C=O) groups is 1. The van der Waals surface area contributed by atoms with Gasteiger partial charge in [-0.15, -0.1) is 0 Å². The number of carbonyl (C=O) groups excluding carboxylic acids is 1. The Kier molecular flexibility index (Phi) is 3.17. The molecule has 1 aliphatic rings. The van der Waals surface area contributed by atoms with Crippen LogP contribution in [0.2, 0.25) is 0 Å². The van der Waals surface area contributed by atoms with Crippen molar-refractivity contribution < 1.29 is 14.4 Å². The number of amides is 1. The molecule has 1 heterocycles. The van der Waals surface area contributed by atoms with Gasteiger partial charge < -0.3 is 10.1 Å². The highest BCUT2D eigenvalue weighted by atomic mass is 19.1. The van der Waals surface area contributed by atoms with E-state index in [0.29, 0.717) is 16.8 Å². The first-order valence-corrected chi connectivity index (χ1v) is 6.49. The molecular formula is C16H13FN2O2. The van der Waals surface area contributed by atoms with Gasteiger partial charge in [0.1, 0.15) is 5.82 Å². The number of nitrogens with zero attached hydrogens (tertiary/aromatic N) is 2. The fourth-order valence-corrected chi connectivity index (χ4v) is 2.50. The second-order valence-corrected chi connectivity index (χ2v) is 4.99. The second kappa shape index (κ2) is 5.01. The van der Waals surface area contributed by atoms with Gasteiger partial charge in [-0.05, 0) is 36.8 Å². The van der Waals surface area contributed by atoms with E-state index in [2.05, 4.69) is 5.16 Å². The summed E-state index contributed by atoms with van der Waals surface area (Å²) in [6.07, 6.45) is 0. The van der Waals surface area contributed by atoms with Crippen LogP contribution in [0.3, 0.4) is 0 Å². The average Bonchev–Trinajstić information content (AvgIpc) is 2.70. The quantitative estimate of drug-likeness (QED) is 0.681. The van der Waals surface area contributed by atoms with Crippen molar-refractivity contribution in [1.29, 1.82) is 0 Å². The highest BCUT2D eigenvalue weighted by Crippen LogP contribution is 2.31. The maximum absolute atomic E-state index is 13.3. The maximum Gasteiger partial charge on any atom is 0.281 e. The van der Waals surface area contributed by atoms with Crippen LogP contribution in [-0.4, -0.2) is 16.8 Å². The first-order valence-electron chi connectivity index (χ1n) is 6.49. The molecule has 0 saturated carbocycles. The van der Waals surface area contributed by atoms with Crippen LogP contribution in [0.15, 0.2) is 47.6 Å². The summed E-state index contributed by atoms with van der Waals surface area (Å²) < 4.78 is 13.3. The van der Waals surface area contributed by atoms with Crippen LogP contribution in [0.25, 0.3) is 0 Å². The summed E-state index contributed by atoms with van der Waals surface area (Å²) in [6.45, 7) is 2.13. The normalized spacial score (nSPS) is 15.6. The van der Waals surface area contributed by atoms with Gasteiger partial charge in [0.2, 0.25) is 0 Å². The SMILES string of the molecule is Cc1ccc2c(c1)/C(=N/O)C(=O)N2Cc1cccc(F)c1. The highest BCUT2D eigenvalue weighted by molar-refractivity contribution is 6.54. The minimum atomic E-state index is -0.387. The highest BCUT2D eigenvalue weighted by Gasteiger charge is 2.34. The third-order valence-corrected chi connectivity index (χ3v) is 3.48. The minimum absolute atomic E-state index is 0.0186. The third kappa shape index (κ3) is 2.27. The molecule has 1 N–H and O–H groups in total. The number of aryl methyl sites for hydroxylation is 1. The summed E-state index contributed by atoms with van der Waals surface area (Å²) in [4.78, 5) is 13.8. The van der Waals surface area contributed by atoms with E-state index in [4.69, 9.17) is 5.21 Å². The number of halogens is 1. The van der Waals surface area contributed by atoms with Gasteiger partial charge >= 0.3 is 0 Å². The molecule has 0 aromatic heterocycles. The number of hydrogen-bond donors (Lipinski definition) is 1. The van der Waals surface area contributed by atoms with Gasteiger partial charge in [-0.25, -0.2) is 4.39 Å². The fraction of sp³-hybridized carbons (Fsp3) is 0.125. The van der Waals surface area contributed by atoms with Gasteiger partial charge in [-0.3, -0.25) is 4.79 Å². The van der Waals surface area contributed by atoms with E-state index in [9.17, 15) is 9.18 Å². The van der Waals surface area contributed by atoms with Crippen molar-refractivity contribution in [1.82, 2.24) is 0 Å². The van der Waals surface area contributed by atoms with Crippen LogP contribution in [-0.2, 0) is 11.3 Å². The lowest BCUT2D eigenvalue weighted by Gasteiger charge is -2.17. The molecule has 21 heavy (non-hydrogen) atoms. The van der Waals surface area contributed by atoms with Gasteiger partial charge in [-0.1, -0.05) is 28.9 Å². The maximum atomic E-state index is 13.3. The third-order valence-electron chi connectivity index (χ3n) is 3.48. The molecule has 0 saturated heterocycles. The van der Waals surface area contributed by atoms with Crippen LogP contribution >= 0.6 is 0 Å². The van der Waals surface area contributed by atoms with Crippen molar-refractivity contribution in [3.63, 3.8) is 0 Å². The molecule has 2 aromatic rings. The smallest absolute Gasteiger partial charge is 0.281 e. The molecule has 0 fully saturated rings. The Hall–Kier alpha value is -2.69. The van der Waals surface area contributed by atoms with E-state index in [1.807, 2.05) is 13.0 Å². The zero-order valence-electron chi connectivity index (χ0n) is 11.4. The van der Waals surface area contributed by atoms with Gasteiger partial charge in [0.15, 0.2) is 5.71 Å². The Morgan fingerprint density at radius 1 is 1.24 bits per heavy atom. The van der Waals surface area contributed by atoms with E-state index < -0.39 is 0 Å². The summed E-state index contributed by atoms with van der Waals surface area (Å²) in [5, 5.41) is 12.2. The summed E-state index contributed by atoms with van der Waals surface area (Å²) in [6, 6.07) is 11.6. The molecule has 0 atom stereocenters. The number of rotatable bonds is 2. The number of anilines is 1. The zero-order chi connectivity index (χ0) is 15.0. The van der Waals surface area contributed by atoms with Gasteiger partial charge in [0.05, 0.1) is 12.2 Å². The first-order chi connectivity index (χ1) is 10.1. The zero-order valence-corrected chi connectivity index (χ0v) is 11.4. The van der Waals surface area contributed by atoms with Crippen molar-refractivity contribution in [3.05, 3.63) is 65.0 Å². The summed E-state index contributed by atoms with van der Waals surface area (Å²) in [5.74, 6) is -0.735. The summed E-state index contributed by atoms with van der Waals surface area (Å²) in [7, 11) is 0. The lowest BCUT2D eigenvalue weighted by Crippen LogP contribution is -2.29. The van der Waals surface area contributed by atoms with Crippen molar-refractivity contribution in [2.24, 2.45) is 5.16 Å². The Bertz CT molecular complexity index is 756. The van der Waals surface area contributed by atoms with E-state index >= 15 is 0 Å². The van der Waals surface area contributed by atoms with Gasteiger partial charge in [0.25, 0.3) is 5.91 Å². The molecule has 0 bridgehead atoms. The van der Waals surface area contributed by atoms with Crippen molar-refractivity contribution in [2.45, 2.75) is 13.5 Å². The van der Waals surface area contributed by atoms with E-state index in [0.717, 1.165) is 5.56 Å². The Balaban J connectivity index is 2.02. The molecule has 4 nitrogen and oxygen atoms in total. The Morgan fingerprint density at radius 3 is 2.76 bits per heavy atom. The average molecular weight is 284 g/mol. The summed E-state index contributed by atoms with van der Waals surface area (Å²) >= 11 is 0. The standard InChI is InChI=1S/C16H13FN2O2/c1-10-5-6-14-13(7-10)15(18-21)16(20)19(14)9-11-3-2-4-12(17)8-11/h2-8,21H,9H2,1H3/b18-15-. The molecular weight excluding hydrogens is 271 g/mol. The predicted molar refractivity (Wildman–Crippen MR) is 77.1 cm³/mol. The first kappa shape index (κ1) is 13.3. The molecule has 1 amide bonds. The molecule has 0 unspecified atom stereocenters. The number of oxime groups is 1. The van der Waals surface area contributed by atoms with E-state index in [-0.39, 0.29) is 24.0 Å². The molecule has 3 rings (SSSR count). The van der Waals surface area contributed by atoms with E-state index in [1.165, 1.54) is 17.0 Å². The van der Waals surface area contributed by atoms with Gasteiger partial charge in [0, 0.05) is 5.56 Å². The fourth-order valence-electron chi connectivity index (χ4n) is 2.50. The monoisotopic (exact) mass is 284 g/mol. The van der Waals surface area contributed by atoms with Crippen LogP contribution in [0.1, 0.15) is 16.7 Å². The van der Waals surface area contributed by atoms with Crippen LogP contribution in [0, 0.1) is 12.7 Å². The topological polar surface area (TPSA) is 52.9 Å². The summed E-state index contributed by atoms with van der Waals surface area (Å²) in [5.41, 5.74) is 2.93. The lowest BCUT2D eigenvalue weighted by molar-refractivity contribution is -0.112. The Morgan fingerprint density at radius 2 is 2.05 bits per heavy atom. The van der Waals surface area contributed by atoms with E-state index in [1.54, 1.807) is 24.3 Å². The van der Waals surface area contributed by atoms with Crippen LogP contribution < -0.4 is 4.90 Å². The molecule has 0 radical (unpaired) electrons. The second-order valence-electron chi connectivity index (χ2n) is 4.99. The molecule has 106 valence electrons. The molecule has 0 spiro atoms. The molecule has 1 aliphatic heterocycles. The molecule has 2 aromatic carbocycles. The number of hydrogen-bond acceptors (Lipinski definition) is 3. The largest absolute Gasteiger partial charge is 0.410 e. The van der Waals surface area contributed by atoms with Crippen molar-refractivity contribution in [3.8, 4) is 0 Å². The van der Waals surface area contributed by atoms with Crippen molar-refractivity contribution in [2.75, 3.05) is 4.90 Å². The lowest BCUT2D eigenvalue weighted by atomic mass is 10.1. The van der Waals surface area contributed by atoms with Crippen LogP contribution in [0.4, 0.5) is 10.1 Å². The minimum Gasteiger partial charge on any atom is -0.410 e. The predicted octanol–water partition coefficient (Wildman–Crippen LogP) is 2.86. The molecule has 5 heteroatoms. The van der Waals surface area contributed by atoms with Gasteiger partial charge in [-0.2, -0.15) is 0 Å². The van der Waals surface area contributed by atoms with Crippen LogP contribution in [0.5, 0.6) is 0 Å². The Labute approximate surface area is 121 Å². The molecule has 0 aliphatic carbocycles. The number of benzene rings is 2.